The van der Waals surface area contributed by atoms with Gasteiger partial charge in [0, 0.05) is 18.9 Å². The van der Waals surface area contributed by atoms with Crippen LogP contribution in [0.4, 0.5) is 4.39 Å². The summed E-state index contributed by atoms with van der Waals surface area (Å²) >= 11 is 9.72. The van der Waals surface area contributed by atoms with Crippen LogP contribution in [-0.2, 0) is 0 Å². The van der Waals surface area contributed by atoms with E-state index >= 15 is 0 Å². The molecule has 0 saturated carbocycles. The Labute approximate surface area is 134 Å². The molecule has 0 bridgehead atoms. The summed E-state index contributed by atoms with van der Waals surface area (Å²) in [5.74, 6) is -0.253. The average molecular weight is 422 g/mol. The Hall–Kier alpha value is -0.270. The van der Waals surface area contributed by atoms with Gasteiger partial charge in [0.15, 0.2) is 0 Å². The lowest BCUT2D eigenvalue weighted by molar-refractivity contribution is 0.228. The molecule has 1 atom stereocenters. The number of aliphatic hydroxyl groups excluding tert-OH is 1. The van der Waals surface area contributed by atoms with E-state index in [9.17, 15) is 9.50 Å². The number of fused-ring (bicyclic) bond motifs is 1. The van der Waals surface area contributed by atoms with Crippen LogP contribution in [0.2, 0.25) is 0 Å². The molecule has 0 aliphatic carbocycles. The Morgan fingerprint density at radius 2 is 1.79 bits per heavy atom. The van der Waals surface area contributed by atoms with Gasteiger partial charge in [-0.2, -0.15) is 0 Å². The highest BCUT2D eigenvalue weighted by Gasteiger charge is 2.17. The highest BCUT2D eigenvalue weighted by atomic mass is 79.9. The van der Waals surface area contributed by atoms with Crippen molar-refractivity contribution in [3.63, 3.8) is 0 Å². The fraction of sp³-hybridized carbons (Fsp3) is 0.0769. The minimum atomic E-state index is -0.673. The Kier molecular flexibility index (Phi) is 3.79. The molecule has 1 N–H and O–H groups in total. The minimum absolute atomic E-state index is 0.253. The van der Waals surface area contributed by atoms with E-state index in [0.29, 0.717) is 0 Å². The standard InChI is InChI=1S/C13H7Br2FOS2/c14-8-5-11(19-13(8)15)12(17)10-3-6-1-2-7(16)4-9(6)18-10/h1-5,12,17H. The van der Waals surface area contributed by atoms with Crippen LogP contribution in [0.25, 0.3) is 10.1 Å². The van der Waals surface area contributed by atoms with Crippen molar-refractivity contribution in [3.8, 4) is 0 Å². The van der Waals surface area contributed by atoms with Gasteiger partial charge in [-0.3, -0.25) is 0 Å². The van der Waals surface area contributed by atoms with Crippen molar-refractivity contribution in [3.05, 3.63) is 54.2 Å². The SMILES string of the molecule is OC(c1cc(Br)c(Br)s1)c1cc2ccc(F)cc2s1. The molecule has 19 heavy (non-hydrogen) atoms. The van der Waals surface area contributed by atoms with Crippen LogP contribution in [-0.4, -0.2) is 5.11 Å². The van der Waals surface area contributed by atoms with E-state index in [-0.39, 0.29) is 5.82 Å². The normalized spacial score (nSPS) is 13.1. The van der Waals surface area contributed by atoms with Gasteiger partial charge in [0.2, 0.25) is 0 Å². The molecule has 0 aliphatic rings. The maximum atomic E-state index is 13.2. The quantitative estimate of drug-likeness (QED) is 0.561. The molecule has 0 amide bonds. The molecular weight excluding hydrogens is 415 g/mol. The summed E-state index contributed by atoms with van der Waals surface area (Å²) in [5.41, 5.74) is 0. The van der Waals surface area contributed by atoms with Crippen LogP contribution in [0.5, 0.6) is 0 Å². The van der Waals surface area contributed by atoms with Gasteiger partial charge < -0.3 is 5.11 Å². The van der Waals surface area contributed by atoms with Gasteiger partial charge in [0.05, 0.1) is 3.79 Å². The molecule has 1 unspecified atom stereocenters. The fourth-order valence-corrected chi connectivity index (χ4v) is 5.06. The summed E-state index contributed by atoms with van der Waals surface area (Å²) < 4.78 is 15.9. The predicted molar refractivity (Wildman–Crippen MR) is 85.6 cm³/mol. The molecule has 6 heteroatoms. The number of hydrogen-bond acceptors (Lipinski definition) is 3. The number of halogens is 3. The second kappa shape index (κ2) is 5.26. The van der Waals surface area contributed by atoms with Crippen molar-refractivity contribution in [1.29, 1.82) is 0 Å². The van der Waals surface area contributed by atoms with Gasteiger partial charge in [-0.25, -0.2) is 4.39 Å². The lowest BCUT2D eigenvalue weighted by Crippen LogP contribution is -1.92. The zero-order valence-corrected chi connectivity index (χ0v) is 14.2. The highest BCUT2D eigenvalue weighted by Crippen LogP contribution is 2.40. The summed E-state index contributed by atoms with van der Waals surface area (Å²) in [4.78, 5) is 1.67. The lowest BCUT2D eigenvalue weighted by Gasteiger charge is -2.04. The molecule has 0 aliphatic heterocycles. The van der Waals surface area contributed by atoms with Gasteiger partial charge >= 0.3 is 0 Å². The number of thiophene rings is 2. The first-order valence-corrected chi connectivity index (χ1v) is 8.58. The number of aliphatic hydroxyl groups is 1. The van der Waals surface area contributed by atoms with Crippen LogP contribution in [0.3, 0.4) is 0 Å². The first-order chi connectivity index (χ1) is 9.04. The van der Waals surface area contributed by atoms with Crippen molar-refractivity contribution in [2.75, 3.05) is 0 Å². The zero-order valence-electron chi connectivity index (χ0n) is 9.36. The van der Waals surface area contributed by atoms with E-state index < -0.39 is 6.10 Å². The monoisotopic (exact) mass is 420 g/mol. The van der Waals surface area contributed by atoms with Gasteiger partial charge in [0.1, 0.15) is 11.9 Å². The van der Waals surface area contributed by atoms with E-state index in [0.717, 1.165) is 28.1 Å². The van der Waals surface area contributed by atoms with Gasteiger partial charge in [-0.15, -0.1) is 22.7 Å². The molecule has 2 aromatic heterocycles. The van der Waals surface area contributed by atoms with Crippen molar-refractivity contribution < 1.29 is 9.50 Å². The number of hydrogen-bond donors (Lipinski definition) is 1. The molecule has 0 radical (unpaired) electrons. The van der Waals surface area contributed by atoms with E-state index in [1.54, 1.807) is 6.07 Å². The molecule has 3 rings (SSSR count). The first kappa shape index (κ1) is 13.7. The van der Waals surface area contributed by atoms with Crippen LogP contribution in [0.1, 0.15) is 15.9 Å². The molecule has 1 aromatic carbocycles. The molecular formula is C13H7Br2FOS2. The largest absolute Gasteiger partial charge is 0.382 e. The molecule has 0 fully saturated rings. The van der Waals surface area contributed by atoms with Crippen molar-refractivity contribution >= 4 is 64.6 Å². The third kappa shape index (κ3) is 2.64. The van der Waals surface area contributed by atoms with Crippen LogP contribution in [0.15, 0.2) is 38.6 Å². The maximum absolute atomic E-state index is 13.2. The molecule has 2 heterocycles. The fourth-order valence-electron chi connectivity index (χ4n) is 1.80. The van der Waals surface area contributed by atoms with Gasteiger partial charge in [0.25, 0.3) is 0 Å². The third-order valence-electron chi connectivity index (χ3n) is 2.70. The lowest BCUT2D eigenvalue weighted by atomic mass is 10.2. The number of rotatable bonds is 2. The highest BCUT2D eigenvalue weighted by molar-refractivity contribution is 9.13. The Bertz CT molecular complexity index is 731. The Morgan fingerprint density at radius 3 is 2.47 bits per heavy atom. The third-order valence-corrected chi connectivity index (χ3v) is 7.16. The van der Waals surface area contributed by atoms with Crippen LogP contribution < -0.4 is 0 Å². The van der Waals surface area contributed by atoms with Crippen LogP contribution in [0, 0.1) is 5.82 Å². The van der Waals surface area contributed by atoms with Crippen molar-refractivity contribution in [1.82, 2.24) is 0 Å². The smallest absolute Gasteiger partial charge is 0.124 e. The summed E-state index contributed by atoms with van der Waals surface area (Å²) in [6.07, 6.45) is -0.673. The molecule has 98 valence electrons. The van der Waals surface area contributed by atoms with E-state index in [4.69, 9.17) is 0 Å². The average Bonchev–Trinajstić information content (AvgIpc) is 2.92. The molecule has 1 nitrogen and oxygen atoms in total. The van der Waals surface area contributed by atoms with Crippen molar-refractivity contribution in [2.24, 2.45) is 0 Å². The van der Waals surface area contributed by atoms with Crippen molar-refractivity contribution in [2.45, 2.75) is 6.10 Å². The second-order valence-electron chi connectivity index (χ2n) is 4.00. The van der Waals surface area contributed by atoms with Gasteiger partial charge in [-0.05, 0) is 61.5 Å². The topological polar surface area (TPSA) is 20.2 Å². The predicted octanol–water partition coefficient (Wildman–Crippen LogP) is 5.71. The Balaban J connectivity index is 2.03. The van der Waals surface area contributed by atoms with E-state index in [1.165, 1.54) is 34.8 Å². The van der Waals surface area contributed by atoms with E-state index in [1.807, 2.05) is 12.1 Å². The molecule has 0 saturated heterocycles. The number of benzene rings is 1. The first-order valence-electron chi connectivity index (χ1n) is 5.36. The summed E-state index contributed by atoms with van der Waals surface area (Å²) in [6.45, 7) is 0. The molecule has 0 spiro atoms. The summed E-state index contributed by atoms with van der Waals surface area (Å²) in [5, 5.41) is 11.3. The summed E-state index contributed by atoms with van der Waals surface area (Å²) in [7, 11) is 0. The van der Waals surface area contributed by atoms with Crippen LogP contribution >= 0.6 is 54.5 Å². The second-order valence-corrected chi connectivity index (χ2v) is 8.38. The Morgan fingerprint density at radius 1 is 1.05 bits per heavy atom. The van der Waals surface area contributed by atoms with E-state index in [2.05, 4.69) is 31.9 Å². The minimum Gasteiger partial charge on any atom is -0.382 e. The maximum Gasteiger partial charge on any atom is 0.124 e. The zero-order chi connectivity index (χ0) is 13.6. The van der Waals surface area contributed by atoms with Gasteiger partial charge in [-0.1, -0.05) is 6.07 Å². The summed E-state index contributed by atoms with van der Waals surface area (Å²) in [6, 6.07) is 8.47. The molecule has 3 aromatic rings.